The SMILES string of the molecule is Cc1cccc(CS(=O)(=O)N2CC[C@H]3[C@H](CN3CC3CCCCC3)C2)c1. The summed E-state index contributed by atoms with van der Waals surface area (Å²) in [7, 11) is -3.21. The number of benzene rings is 1. The third kappa shape index (κ3) is 4.00. The Bertz CT molecular complexity index is 727. The largest absolute Gasteiger partial charge is 0.299 e. The number of piperidine rings is 1. The number of likely N-dealkylation sites (tertiary alicyclic amines) is 1. The van der Waals surface area contributed by atoms with Crippen LogP contribution in [0.3, 0.4) is 0 Å². The fourth-order valence-corrected chi connectivity index (χ4v) is 6.80. The van der Waals surface area contributed by atoms with E-state index in [1.54, 1.807) is 4.31 Å². The van der Waals surface area contributed by atoms with Gasteiger partial charge in [0.15, 0.2) is 0 Å². The Labute approximate surface area is 158 Å². The summed E-state index contributed by atoms with van der Waals surface area (Å²) in [5, 5.41) is 0. The van der Waals surface area contributed by atoms with Crippen molar-refractivity contribution < 1.29 is 8.42 Å². The molecule has 2 aliphatic heterocycles. The molecule has 0 N–H and O–H groups in total. The zero-order valence-electron chi connectivity index (χ0n) is 15.9. The van der Waals surface area contributed by atoms with Crippen LogP contribution in [-0.2, 0) is 15.8 Å². The van der Waals surface area contributed by atoms with Crippen molar-refractivity contribution >= 4 is 10.0 Å². The summed E-state index contributed by atoms with van der Waals surface area (Å²) < 4.78 is 27.5. The second-order valence-electron chi connectivity index (χ2n) is 8.68. The Kier molecular flexibility index (Phi) is 5.40. The van der Waals surface area contributed by atoms with E-state index in [9.17, 15) is 8.42 Å². The van der Waals surface area contributed by atoms with Crippen LogP contribution in [0, 0.1) is 18.8 Å². The zero-order chi connectivity index (χ0) is 18.1. The van der Waals surface area contributed by atoms with E-state index in [2.05, 4.69) is 4.90 Å². The molecule has 5 heteroatoms. The molecule has 2 heterocycles. The Morgan fingerprint density at radius 1 is 1.08 bits per heavy atom. The molecule has 2 atom stereocenters. The number of hydrogen-bond acceptors (Lipinski definition) is 3. The number of aryl methyl sites for hydroxylation is 1. The highest BCUT2D eigenvalue weighted by Gasteiger charge is 2.45. The highest BCUT2D eigenvalue weighted by Crippen LogP contribution is 2.36. The van der Waals surface area contributed by atoms with Crippen LogP contribution < -0.4 is 0 Å². The molecular formula is C21H32N2O2S. The van der Waals surface area contributed by atoms with E-state index in [4.69, 9.17) is 0 Å². The van der Waals surface area contributed by atoms with Gasteiger partial charge in [-0.05, 0) is 37.7 Å². The normalized spacial score (nSPS) is 28.5. The molecule has 1 saturated carbocycles. The second-order valence-corrected chi connectivity index (χ2v) is 10.6. The molecule has 1 aromatic carbocycles. The number of sulfonamides is 1. The van der Waals surface area contributed by atoms with Gasteiger partial charge in [-0.2, -0.15) is 0 Å². The quantitative estimate of drug-likeness (QED) is 0.791. The minimum Gasteiger partial charge on any atom is -0.299 e. The van der Waals surface area contributed by atoms with Crippen LogP contribution in [0.25, 0.3) is 0 Å². The van der Waals surface area contributed by atoms with Crippen LogP contribution in [0.1, 0.15) is 49.7 Å². The summed E-state index contributed by atoms with van der Waals surface area (Å²) in [4.78, 5) is 2.64. The molecule has 2 saturated heterocycles. The van der Waals surface area contributed by atoms with Gasteiger partial charge in [0.1, 0.15) is 0 Å². The predicted molar refractivity (Wildman–Crippen MR) is 105 cm³/mol. The van der Waals surface area contributed by atoms with Crippen LogP contribution in [0.4, 0.5) is 0 Å². The van der Waals surface area contributed by atoms with E-state index in [1.165, 1.54) is 38.6 Å². The van der Waals surface area contributed by atoms with Gasteiger partial charge in [-0.25, -0.2) is 12.7 Å². The lowest BCUT2D eigenvalue weighted by atomic mass is 9.81. The molecule has 26 heavy (non-hydrogen) atoms. The smallest absolute Gasteiger partial charge is 0.218 e. The predicted octanol–water partition coefficient (Wildman–Crippen LogP) is 3.41. The summed E-state index contributed by atoms with van der Waals surface area (Å²) in [6, 6.07) is 8.49. The van der Waals surface area contributed by atoms with Gasteiger partial charge >= 0.3 is 0 Å². The van der Waals surface area contributed by atoms with Gasteiger partial charge < -0.3 is 0 Å². The molecule has 0 bridgehead atoms. The molecule has 1 aromatic rings. The molecule has 0 unspecified atom stereocenters. The molecule has 4 rings (SSSR count). The van der Waals surface area contributed by atoms with Gasteiger partial charge in [0.25, 0.3) is 0 Å². The highest BCUT2D eigenvalue weighted by atomic mass is 32.2. The minimum atomic E-state index is -3.21. The number of fused-ring (bicyclic) bond motifs is 1. The van der Waals surface area contributed by atoms with Crippen LogP contribution in [0.15, 0.2) is 24.3 Å². The first kappa shape index (κ1) is 18.5. The molecule has 0 amide bonds. The molecule has 144 valence electrons. The van der Waals surface area contributed by atoms with Gasteiger partial charge in [0, 0.05) is 38.1 Å². The monoisotopic (exact) mass is 376 g/mol. The fourth-order valence-electron chi connectivity index (χ4n) is 5.21. The van der Waals surface area contributed by atoms with Crippen molar-refractivity contribution in [3.8, 4) is 0 Å². The van der Waals surface area contributed by atoms with Gasteiger partial charge in [-0.15, -0.1) is 0 Å². The standard InChI is InChI=1S/C21H32N2O2S/c1-17-6-5-9-19(12-17)16-26(24,25)23-11-10-21-20(15-23)14-22(21)13-18-7-3-2-4-8-18/h5-6,9,12,18,20-21H,2-4,7-8,10-11,13-16H2,1H3/t20-,21+/m1/s1. The van der Waals surface area contributed by atoms with E-state index in [1.807, 2.05) is 31.2 Å². The first-order valence-corrected chi connectivity index (χ1v) is 11.9. The van der Waals surface area contributed by atoms with Crippen LogP contribution >= 0.6 is 0 Å². The van der Waals surface area contributed by atoms with Crippen molar-refractivity contribution in [2.24, 2.45) is 11.8 Å². The van der Waals surface area contributed by atoms with E-state index in [-0.39, 0.29) is 5.75 Å². The summed E-state index contributed by atoms with van der Waals surface area (Å²) >= 11 is 0. The Morgan fingerprint density at radius 3 is 2.62 bits per heavy atom. The lowest BCUT2D eigenvalue weighted by Gasteiger charge is -2.54. The lowest BCUT2D eigenvalue weighted by Crippen LogP contribution is -2.64. The lowest BCUT2D eigenvalue weighted by molar-refractivity contribution is -0.0370. The third-order valence-corrected chi connectivity index (χ3v) is 8.45. The first-order valence-electron chi connectivity index (χ1n) is 10.3. The molecule has 1 aliphatic carbocycles. The first-order chi connectivity index (χ1) is 12.5. The molecule has 4 nitrogen and oxygen atoms in total. The number of nitrogens with zero attached hydrogens (tertiary/aromatic N) is 2. The van der Waals surface area contributed by atoms with Gasteiger partial charge in [-0.3, -0.25) is 4.90 Å². The van der Waals surface area contributed by atoms with Crippen LogP contribution in [0.2, 0.25) is 0 Å². The summed E-state index contributed by atoms with van der Waals surface area (Å²) in [6.45, 7) is 5.77. The van der Waals surface area contributed by atoms with E-state index >= 15 is 0 Å². The molecule has 0 radical (unpaired) electrons. The molecular weight excluding hydrogens is 344 g/mol. The third-order valence-electron chi connectivity index (χ3n) is 6.64. The average Bonchev–Trinajstić information content (AvgIpc) is 2.60. The maximum Gasteiger partial charge on any atom is 0.218 e. The topological polar surface area (TPSA) is 40.6 Å². The van der Waals surface area contributed by atoms with Crippen molar-refractivity contribution in [1.82, 2.24) is 9.21 Å². The summed E-state index contributed by atoms with van der Waals surface area (Å²) in [6.07, 6.45) is 8.01. The van der Waals surface area contributed by atoms with E-state index in [0.717, 1.165) is 36.6 Å². The van der Waals surface area contributed by atoms with Crippen molar-refractivity contribution in [2.75, 3.05) is 26.2 Å². The van der Waals surface area contributed by atoms with Crippen molar-refractivity contribution in [1.29, 1.82) is 0 Å². The zero-order valence-corrected chi connectivity index (χ0v) is 16.8. The molecule has 0 aromatic heterocycles. The molecule has 3 fully saturated rings. The van der Waals surface area contributed by atoms with E-state index in [0.29, 0.717) is 18.5 Å². The Morgan fingerprint density at radius 2 is 1.88 bits per heavy atom. The Balaban J connectivity index is 1.31. The summed E-state index contributed by atoms with van der Waals surface area (Å²) in [5.41, 5.74) is 2.02. The van der Waals surface area contributed by atoms with E-state index < -0.39 is 10.0 Å². The minimum absolute atomic E-state index is 0.137. The maximum absolute atomic E-state index is 12.9. The second kappa shape index (κ2) is 7.61. The van der Waals surface area contributed by atoms with Gasteiger partial charge in [0.05, 0.1) is 5.75 Å². The van der Waals surface area contributed by atoms with Crippen molar-refractivity contribution in [3.63, 3.8) is 0 Å². The summed E-state index contributed by atoms with van der Waals surface area (Å²) in [5.74, 6) is 1.56. The maximum atomic E-state index is 12.9. The average molecular weight is 377 g/mol. The number of hydrogen-bond donors (Lipinski definition) is 0. The van der Waals surface area contributed by atoms with Crippen LogP contribution in [0.5, 0.6) is 0 Å². The van der Waals surface area contributed by atoms with Crippen LogP contribution in [-0.4, -0.2) is 49.8 Å². The Hall–Kier alpha value is -0.910. The van der Waals surface area contributed by atoms with Crippen molar-refractivity contribution in [3.05, 3.63) is 35.4 Å². The fraction of sp³-hybridized carbons (Fsp3) is 0.714. The van der Waals surface area contributed by atoms with Gasteiger partial charge in [-0.1, -0.05) is 49.1 Å². The molecule has 3 aliphatic rings. The van der Waals surface area contributed by atoms with Gasteiger partial charge in [0.2, 0.25) is 10.0 Å². The van der Waals surface area contributed by atoms with Crippen molar-refractivity contribution in [2.45, 2.75) is 57.2 Å². The highest BCUT2D eigenvalue weighted by molar-refractivity contribution is 7.88. The number of rotatable bonds is 5. The molecule has 0 spiro atoms.